The van der Waals surface area contributed by atoms with Gasteiger partial charge < -0.3 is 10.2 Å². The molecule has 1 heterocycles. The molecule has 30 heavy (non-hydrogen) atoms. The van der Waals surface area contributed by atoms with E-state index in [1.54, 1.807) is 47.4 Å². The quantitative estimate of drug-likeness (QED) is 0.536. The number of halogens is 1. The van der Waals surface area contributed by atoms with Gasteiger partial charge in [-0.2, -0.15) is 10.2 Å². The first kappa shape index (κ1) is 19.8. The van der Waals surface area contributed by atoms with E-state index in [0.717, 1.165) is 5.69 Å². The van der Waals surface area contributed by atoms with Crippen molar-refractivity contribution in [1.82, 2.24) is 0 Å². The van der Waals surface area contributed by atoms with Crippen molar-refractivity contribution >= 4 is 46.2 Å². The van der Waals surface area contributed by atoms with Crippen molar-refractivity contribution in [2.75, 3.05) is 16.8 Å². The first-order chi connectivity index (χ1) is 14.6. The van der Waals surface area contributed by atoms with Crippen LogP contribution in [0.3, 0.4) is 0 Å². The van der Waals surface area contributed by atoms with Crippen LogP contribution in [-0.2, 0) is 9.59 Å². The zero-order valence-electron chi connectivity index (χ0n) is 16.0. The molecule has 3 aromatic carbocycles. The molecule has 1 aliphatic heterocycles. The van der Waals surface area contributed by atoms with Gasteiger partial charge in [0.25, 0.3) is 0 Å². The summed E-state index contributed by atoms with van der Waals surface area (Å²) in [5.74, 6) is -0.747. The Morgan fingerprint density at radius 2 is 1.53 bits per heavy atom. The number of rotatable bonds is 5. The average molecular weight is 419 g/mol. The number of nitrogens with zero attached hydrogens (tertiary/aromatic N) is 3. The van der Waals surface area contributed by atoms with Crippen LogP contribution in [0.25, 0.3) is 0 Å². The fourth-order valence-corrected chi connectivity index (χ4v) is 3.49. The maximum Gasteiger partial charge on any atom is 0.229 e. The standard InChI is InChI=1S/C23H19ClN4O2/c24-20-8-4-5-9-21(20)28-15-16(14-22(28)29)23(30)25-17-10-12-19(13-11-17)27-26-18-6-2-1-3-7-18/h1-13,16H,14-15H2,(H,25,30)/t16-/m1/s1. The predicted octanol–water partition coefficient (Wildman–Crippen LogP) is 5.75. The van der Waals surface area contributed by atoms with E-state index in [1.165, 1.54) is 0 Å². The van der Waals surface area contributed by atoms with E-state index in [1.807, 2.05) is 36.4 Å². The lowest BCUT2D eigenvalue weighted by Gasteiger charge is -2.18. The molecule has 0 aromatic heterocycles. The minimum atomic E-state index is -0.439. The van der Waals surface area contributed by atoms with Crippen molar-refractivity contribution < 1.29 is 9.59 Å². The summed E-state index contributed by atoms with van der Waals surface area (Å²) in [7, 11) is 0. The summed E-state index contributed by atoms with van der Waals surface area (Å²) in [5.41, 5.74) is 2.72. The van der Waals surface area contributed by atoms with Crippen molar-refractivity contribution in [2.45, 2.75) is 6.42 Å². The molecule has 1 fully saturated rings. The number of hydrogen-bond donors (Lipinski definition) is 1. The number of nitrogens with one attached hydrogen (secondary N) is 1. The molecule has 0 bridgehead atoms. The second kappa shape index (κ2) is 8.88. The lowest BCUT2D eigenvalue weighted by molar-refractivity contribution is -0.122. The normalized spacial score (nSPS) is 16.2. The number of para-hydroxylation sites is 1. The van der Waals surface area contributed by atoms with Gasteiger partial charge in [-0.25, -0.2) is 0 Å². The van der Waals surface area contributed by atoms with E-state index in [-0.39, 0.29) is 18.2 Å². The van der Waals surface area contributed by atoms with Crippen LogP contribution in [0.2, 0.25) is 5.02 Å². The maximum atomic E-state index is 12.7. The highest BCUT2D eigenvalue weighted by atomic mass is 35.5. The van der Waals surface area contributed by atoms with E-state index < -0.39 is 5.92 Å². The first-order valence-corrected chi connectivity index (χ1v) is 9.90. The molecule has 1 saturated heterocycles. The molecule has 1 atom stereocenters. The van der Waals surface area contributed by atoms with Gasteiger partial charge in [0.05, 0.1) is 28.0 Å². The number of azo groups is 1. The zero-order chi connectivity index (χ0) is 20.9. The van der Waals surface area contributed by atoms with Crippen molar-refractivity contribution in [3.63, 3.8) is 0 Å². The van der Waals surface area contributed by atoms with Gasteiger partial charge in [0.1, 0.15) is 0 Å². The van der Waals surface area contributed by atoms with E-state index in [2.05, 4.69) is 15.5 Å². The van der Waals surface area contributed by atoms with Crippen LogP contribution in [0, 0.1) is 5.92 Å². The molecule has 4 rings (SSSR count). The lowest BCUT2D eigenvalue weighted by atomic mass is 10.1. The van der Waals surface area contributed by atoms with Gasteiger partial charge >= 0.3 is 0 Å². The third-order valence-corrected chi connectivity index (χ3v) is 5.13. The third-order valence-electron chi connectivity index (χ3n) is 4.81. The highest BCUT2D eigenvalue weighted by Crippen LogP contribution is 2.31. The first-order valence-electron chi connectivity index (χ1n) is 9.53. The summed E-state index contributed by atoms with van der Waals surface area (Å²) in [6.07, 6.45) is 0.153. The Labute approximate surface area is 179 Å². The minimum Gasteiger partial charge on any atom is -0.326 e. The van der Waals surface area contributed by atoms with Crippen LogP contribution in [-0.4, -0.2) is 18.4 Å². The maximum absolute atomic E-state index is 12.7. The number of anilines is 2. The summed E-state index contributed by atoms with van der Waals surface area (Å²) in [4.78, 5) is 26.6. The summed E-state index contributed by atoms with van der Waals surface area (Å²) < 4.78 is 0. The van der Waals surface area contributed by atoms with Gasteiger partial charge in [-0.15, -0.1) is 0 Å². The van der Waals surface area contributed by atoms with E-state index >= 15 is 0 Å². The second-order valence-electron chi connectivity index (χ2n) is 6.93. The van der Waals surface area contributed by atoms with Crippen molar-refractivity contribution in [2.24, 2.45) is 16.1 Å². The van der Waals surface area contributed by atoms with E-state index in [9.17, 15) is 9.59 Å². The largest absolute Gasteiger partial charge is 0.326 e. The van der Waals surface area contributed by atoms with E-state index in [4.69, 9.17) is 11.6 Å². The molecule has 0 spiro atoms. The zero-order valence-corrected chi connectivity index (χ0v) is 16.8. The van der Waals surface area contributed by atoms with Crippen LogP contribution < -0.4 is 10.2 Å². The van der Waals surface area contributed by atoms with Gasteiger partial charge in [-0.1, -0.05) is 41.9 Å². The van der Waals surface area contributed by atoms with Crippen LogP contribution in [0.1, 0.15) is 6.42 Å². The molecule has 2 amide bonds. The van der Waals surface area contributed by atoms with Gasteiger partial charge in [0, 0.05) is 18.7 Å². The molecular weight excluding hydrogens is 400 g/mol. The SMILES string of the molecule is O=C(Nc1ccc(N=Nc2ccccc2)cc1)[C@@H]1CC(=O)N(c2ccccc2Cl)C1. The lowest BCUT2D eigenvalue weighted by Crippen LogP contribution is -2.28. The highest BCUT2D eigenvalue weighted by Gasteiger charge is 2.35. The van der Waals surface area contributed by atoms with Crippen LogP contribution in [0.15, 0.2) is 89.1 Å². The van der Waals surface area contributed by atoms with Gasteiger partial charge in [0.2, 0.25) is 11.8 Å². The summed E-state index contributed by atoms with van der Waals surface area (Å²) in [6.45, 7) is 0.303. The highest BCUT2D eigenvalue weighted by molar-refractivity contribution is 6.33. The molecule has 6 nitrogen and oxygen atoms in total. The Kier molecular flexibility index (Phi) is 5.86. The fraction of sp³-hybridized carbons (Fsp3) is 0.130. The Hall–Kier alpha value is -3.51. The predicted molar refractivity (Wildman–Crippen MR) is 118 cm³/mol. The van der Waals surface area contributed by atoms with Crippen molar-refractivity contribution in [1.29, 1.82) is 0 Å². The number of carbonyl (C=O) groups is 2. The molecule has 1 N–H and O–H groups in total. The summed E-state index contributed by atoms with van der Waals surface area (Å²) in [6, 6.07) is 23.7. The summed E-state index contributed by atoms with van der Waals surface area (Å²) in [5, 5.41) is 11.7. The summed E-state index contributed by atoms with van der Waals surface area (Å²) >= 11 is 6.20. The van der Waals surface area contributed by atoms with Crippen molar-refractivity contribution in [3.05, 3.63) is 83.9 Å². The molecule has 0 unspecified atom stereocenters. The van der Waals surface area contributed by atoms with Crippen molar-refractivity contribution in [3.8, 4) is 0 Å². The molecule has 3 aromatic rings. The van der Waals surface area contributed by atoms with Crippen LogP contribution in [0.4, 0.5) is 22.7 Å². The Morgan fingerprint density at radius 3 is 2.23 bits per heavy atom. The number of benzene rings is 3. The molecule has 0 saturated carbocycles. The molecule has 0 radical (unpaired) electrons. The van der Waals surface area contributed by atoms with Crippen LogP contribution >= 0.6 is 11.6 Å². The number of carbonyl (C=O) groups excluding carboxylic acids is 2. The van der Waals surface area contributed by atoms with E-state index in [0.29, 0.717) is 28.6 Å². The number of hydrogen-bond acceptors (Lipinski definition) is 4. The third kappa shape index (κ3) is 4.55. The number of amides is 2. The average Bonchev–Trinajstić information content (AvgIpc) is 3.16. The Bertz CT molecular complexity index is 1080. The van der Waals surface area contributed by atoms with Gasteiger partial charge in [-0.3, -0.25) is 9.59 Å². The van der Waals surface area contributed by atoms with Gasteiger partial charge in [-0.05, 0) is 48.5 Å². The second-order valence-corrected chi connectivity index (χ2v) is 7.34. The molecule has 0 aliphatic carbocycles. The monoisotopic (exact) mass is 418 g/mol. The Morgan fingerprint density at radius 1 is 0.900 bits per heavy atom. The minimum absolute atomic E-state index is 0.111. The Balaban J connectivity index is 1.38. The molecular formula is C23H19ClN4O2. The van der Waals surface area contributed by atoms with Gasteiger partial charge in [0.15, 0.2) is 0 Å². The fourth-order valence-electron chi connectivity index (χ4n) is 3.25. The molecule has 1 aliphatic rings. The van der Waals surface area contributed by atoms with Crippen LogP contribution in [0.5, 0.6) is 0 Å². The smallest absolute Gasteiger partial charge is 0.229 e. The molecule has 7 heteroatoms. The topological polar surface area (TPSA) is 74.1 Å². The molecule has 150 valence electrons.